The van der Waals surface area contributed by atoms with Gasteiger partial charge in [-0.15, -0.1) is 0 Å². The SMILES string of the molecule is CCN1CC[C@@H](Nc2ccccc2S(=O)(=O)Nc2ccc3c(c2C(=O)O)OC[C@H]2C[C@@H]32)C1. The highest BCUT2D eigenvalue weighted by molar-refractivity contribution is 7.92. The van der Waals surface area contributed by atoms with Crippen molar-refractivity contribution in [1.82, 2.24) is 4.90 Å². The molecule has 5 rings (SSSR count). The average Bonchev–Trinajstić information content (AvgIpc) is 3.43. The molecule has 170 valence electrons. The number of nitrogens with one attached hydrogen (secondary N) is 2. The van der Waals surface area contributed by atoms with Gasteiger partial charge in [0.1, 0.15) is 16.2 Å². The molecule has 1 saturated heterocycles. The van der Waals surface area contributed by atoms with E-state index in [-0.39, 0.29) is 27.9 Å². The zero-order chi connectivity index (χ0) is 22.5. The third-order valence-corrected chi connectivity index (χ3v) is 8.09. The highest BCUT2D eigenvalue weighted by Crippen LogP contribution is 2.55. The summed E-state index contributed by atoms with van der Waals surface area (Å²) >= 11 is 0. The Morgan fingerprint density at radius 1 is 1.22 bits per heavy atom. The van der Waals surface area contributed by atoms with Gasteiger partial charge in [0.15, 0.2) is 0 Å². The number of para-hydroxylation sites is 1. The Morgan fingerprint density at radius 3 is 2.78 bits per heavy atom. The number of fused-ring (bicyclic) bond motifs is 3. The van der Waals surface area contributed by atoms with Crippen molar-refractivity contribution in [3.8, 4) is 5.75 Å². The van der Waals surface area contributed by atoms with Crippen molar-refractivity contribution >= 4 is 27.4 Å². The Balaban J connectivity index is 1.45. The van der Waals surface area contributed by atoms with Crippen LogP contribution in [0, 0.1) is 5.92 Å². The maximum absolute atomic E-state index is 13.3. The molecule has 0 spiro atoms. The van der Waals surface area contributed by atoms with Gasteiger partial charge < -0.3 is 20.1 Å². The molecule has 0 bridgehead atoms. The number of hydrogen-bond acceptors (Lipinski definition) is 6. The molecule has 32 heavy (non-hydrogen) atoms. The molecule has 8 nitrogen and oxygen atoms in total. The summed E-state index contributed by atoms with van der Waals surface area (Å²) in [5.41, 5.74) is 1.25. The summed E-state index contributed by atoms with van der Waals surface area (Å²) in [6.45, 7) is 5.36. The lowest BCUT2D eigenvalue weighted by atomic mass is 10.0. The normalized spacial score (nSPS) is 24.2. The van der Waals surface area contributed by atoms with E-state index in [1.165, 1.54) is 12.1 Å². The zero-order valence-electron chi connectivity index (χ0n) is 17.9. The predicted octanol–water partition coefficient (Wildman–Crippen LogP) is 3.19. The quantitative estimate of drug-likeness (QED) is 0.586. The number of carboxylic acid groups (broad SMARTS) is 1. The summed E-state index contributed by atoms with van der Waals surface area (Å²) in [7, 11) is -4.04. The molecule has 3 atom stereocenters. The van der Waals surface area contributed by atoms with Gasteiger partial charge in [0.05, 0.1) is 18.0 Å². The lowest BCUT2D eigenvalue weighted by Crippen LogP contribution is -2.27. The maximum atomic E-state index is 13.3. The minimum Gasteiger partial charge on any atom is -0.492 e. The molecule has 0 radical (unpaired) electrons. The van der Waals surface area contributed by atoms with Crippen molar-refractivity contribution < 1.29 is 23.1 Å². The molecule has 2 aliphatic heterocycles. The fourth-order valence-electron chi connectivity index (χ4n) is 4.82. The fourth-order valence-corrected chi connectivity index (χ4v) is 6.07. The van der Waals surface area contributed by atoms with E-state index in [0.29, 0.717) is 24.1 Å². The summed E-state index contributed by atoms with van der Waals surface area (Å²) in [5, 5.41) is 13.2. The van der Waals surface area contributed by atoms with Crippen LogP contribution in [0.1, 0.15) is 41.6 Å². The number of carbonyl (C=O) groups is 1. The average molecular weight is 458 g/mol. The molecule has 2 heterocycles. The molecule has 9 heteroatoms. The van der Waals surface area contributed by atoms with Crippen LogP contribution in [0.5, 0.6) is 5.75 Å². The summed E-state index contributed by atoms with van der Waals surface area (Å²) in [6.07, 6.45) is 1.91. The van der Waals surface area contributed by atoms with E-state index >= 15 is 0 Å². The van der Waals surface area contributed by atoms with E-state index in [0.717, 1.165) is 38.0 Å². The van der Waals surface area contributed by atoms with Crippen molar-refractivity contribution in [3.63, 3.8) is 0 Å². The number of likely N-dealkylation sites (tertiary alicyclic amines) is 1. The van der Waals surface area contributed by atoms with Gasteiger partial charge in [-0.05, 0) is 49.1 Å². The number of carboxylic acids is 1. The van der Waals surface area contributed by atoms with E-state index in [4.69, 9.17) is 4.74 Å². The van der Waals surface area contributed by atoms with Gasteiger partial charge in [0, 0.05) is 25.0 Å². The molecule has 1 aliphatic carbocycles. The number of aromatic carboxylic acids is 1. The second-order valence-corrected chi connectivity index (χ2v) is 10.4. The van der Waals surface area contributed by atoms with Crippen LogP contribution in [-0.2, 0) is 10.0 Å². The van der Waals surface area contributed by atoms with Crippen LogP contribution in [0.25, 0.3) is 0 Å². The lowest BCUT2D eigenvalue weighted by molar-refractivity contribution is 0.0692. The third-order valence-electron chi connectivity index (χ3n) is 6.67. The first-order valence-electron chi connectivity index (χ1n) is 11.0. The first kappa shape index (κ1) is 21.1. The van der Waals surface area contributed by atoms with Crippen LogP contribution < -0.4 is 14.8 Å². The molecule has 3 aliphatic rings. The van der Waals surface area contributed by atoms with Crippen molar-refractivity contribution in [3.05, 3.63) is 47.5 Å². The molecule has 2 fully saturated rings. The van der Waals surface area contributed by atoms with Crippen molar-refractivity contribution in [2.45, 2.75) is 36.6 Å². The molecule has 0 amide bonds. The lowest BCUT2D eigenvalue weighted by Gasteiger charge is -2.22. The van der Waals surface area contributed by atoms with Crippen LogP contribution >= 0.6 is 0 Å². The smallest absolute Gasteiger partial charge is 0.341 e. The summed E-state index contributed by atoms with van der Waals surface area (Å²) in [4.78, 5) is 14.5. The second-order valence-electron chi connectivity index (χ2n) is 8.75. The number of ether oxygens (including phenoxy) is 1. The van der Waals surface area contributed by atoms with Crippen molar-refractivity contribution in [2.24, 2.45) is 5.92 Å². The number of sulfonamides is 1. The van der Waals surface area contributed by atoms with Crippen LogP contribution in [0.2, 0.25) is 0 Å². The highest BCUT2D eigenvalue weighted by atomic mass is 32.2. The summed E-state index contributed by atoms with van der Waals surface area (Å²) in [5.74, 6) is -0.186. The van der Waals surface area contributed by atoms with Gasteiger partial charge in [-0.2, -0.15) is 0 Å². The van der Waals surface area contributed by atoms with Gasteiger partial charge in [0.2, 0.25) is 0 Å². The Hall–Kier alpha value is -2.78. The van der Waals surface area contributed by atoms with Crippen LogP contribution in [0.15, 0.2) is 41.3 Å². The molecule has 0 unspecified atom stereocenters. The minimum atomic E-state index is -4.04. The number of hydrogen-bond donors (Lipinski definition) is 3. The van der Waals surface area contributed by atoms with E-state index < -0.39 is 16.0 Å². The first-order chi connectivity index (χ1) is 15.4. The maximum Gasteiger partial charge on any atom is 0.341 e. The Bertz CT molecular complexity index is 1170. The standard InChI is InChI=1S/C23H27N3O5S/c1-2-26-10-9-15(12-26)24-18-5-3-4-6-20(18)32(29,30)25-19-8-7-16-17-11-14(17)13-31-22(16)21(19)23(27)28/h3-8,14-15,17,24-25H,2,9-13H2,1H3,(H,27,28)/t14-,15-,17-/m1/s1. The third kappa shape index (κ3) is 3.80. The number of rotatable bonds is 7. The van der Waals surface area contributed by atoms with Crippen molar-refractivity contribution in [1.29, 1.82) is 0 Å². The number of anilines is 2. The number of nitrogens with zero attached hydrogens (tertiary/aromatic N) is 1. The second kappa shape index (κ2) is 7.97. The molecular formula is C23H27N3O5S. The summed E-state index contributed by atoms with van der Waals surface area (Å²) < 4.78 is 34.9. The van der Waals surface area contributed by atoms with Crippen LogP contribution in [0.4, 0.5) is 11.4 Å². The predicted molar refractivity (Wildman–Crippen MR) is 121 cm³/mol. The Morgan fingerprint density at radius 2 is 2.03 bits per heavy atom. The first-order valence-corrected chi connectivity index (χ1v) is 12.5. The van der Waals surface area contributed by atoms with Crippen LogP contribution in [0.3, 0.4) is 0 Å². The van der Waals surface area contributed by atoms with Gasteiger partial charge in [0.25, 0.3) is 10.0 Å². The van der Waals surface area contributed by atoms with E-state index in [9.17, 15) is 18.3 Å². The molecule has 3 N–H and O–H groups in total. The number of likely N-dealkylation sites (N-methyl/N-ethyl adjacent to an activating group) is 1. The molecule has 0 aromatic heterocycles. The topological polar surface area (TPSA) is 108 Å². The molecule has 1 saturated carbocycles. The van der Waals surface area contributed by atoms with E-state index in [2.05, 4.69) is 21.9 Å². The van der Waals surface area contributed by atoms with E-state index in [1.54, 1.807) is 24.3 Å². The fraction of sp³-hybridized carbons (Fsp3) is 0.435. The minimum absolute atomic E-state index is 0.0168. The molecular weight excluding hydrogens is 430 g/mol. The largest absolute Gasteiger partial charge is 0.492 e. The molecule has 2 aromatic carbocycles. The highest BCUT2D eigenvalue weighted by Gasteiger charge is 2.45. The summed E-state index contributed by atoms with van der Waals surface area (Å²) in [6, 6.07) is 10.2. The van der Waals surface area contributed by atoms with Gasteiger partial charge in [-0.3, -0.25) is 4.72 Å². The van der Waals surface area contributed by atoms with Crippen LogP contribution in [-0.4, -0.2) is 56.7 Å². The Labute approximate surface area is 187 Å². The van der Waals surface area contributed by atoms with Gasteiger partial charge in [-0.25, -0.2) is 13.2 Å². The zero-order valence-corrected chi connectivity index (χ0v) is 18.7. The molecule has 2 aromatic rings. The van der Waals surface area contributed by atoms with Gasteiger partial charge >= 0.3 is 5.97 Å². The Kier molecular flexibility index (Phi) is 5.25. The number of benzene rings is 2. The van der Waals surface area contributed by atoms with Gasteiger partial charge in [-0.1, -0.05) is 25.1 Å². The van der Waals surface area contributed by atoms with E-state index in [1.807, 2.05) is 0 Å². The van der Waals surface area contributed by atoms with Crippen molar-refractivity contribution in [2.75, 3.05) is 36.3 Å². The monoisotopic (exact) mass is 457 g/mol.